The molecule has 3 rings (SSSR count). The quantitative estimate of drug-likeness (QED) is 0.608. The van der Waals surface area contributed by atoms with Crippen LogP contribution in [0.4, 0.5) is 5.69 Å². The molecule has 0 N–H and O–H groups in total. The minimum Gasteiger partial charge on any atom is -0.468 e. The van der Waals surface area contributed by atoms with Gasteiger partial charge in [0.2, 0.25) is 5.91 Å². The van der Waals surface area contributed by atoms with Crippen LogP contribution in [0.15, 0.2) is 69.9 Å². The molecule has 0 saturated heterocycles. The summed E-state index contributed by atoms with van der Waals surface area (Å²) in [6, 6.07) is 15.5. The number of furan rings is 2. The molecule has 0 aliphatic carbocycles. The average Bonchev–Trinajstić information content (AvgIpc) is 3.31. The third-order valence-electron chi connectivity index (χ3n) is 4.30. The van der Waals surface area contributed by atoms with Crippen molar-refractivity contribution in [2.75, 3.05) is 18.0 Å². The SMILES string of the molecule is CCN(C(=O)CN(Cc1ccco1)Cc1ccco1)c1ccccc1C. The van der Waals surface area contributed by atoms with Crippen LogP contribution in [-0.4, -0.2) is 23.9 Å². The lowest BCUT2D eigenvalue weighted by Gasteiger charge is -2.27. The van der Waals surface area contributed by atoms with Crippen LogP contribution in [0.25, 0.3) is 0 Å². The number of benzene rings is 1. The summed E-state index contributed by atoms with van der Waals surface area (Å²) in [6.45, 7) is 6.01. The van der Waals surface area contributed by atoms with Crippen LogP contribution in [-0.2, 0) is 17.9 Å². The number of carbonyl (C=O) groups excluding carboxylic acids is 1. The predicted octanol–water partition coefficient (Wildman–Crippen LogP) is 4.24. The Labute approximate surface area is 153 Å². The molecule has 3 aromatic rings. The maximum atomic E-state index is 13.0. The monoisotopic (exact) mass is 352 g/mol. The van der Waals surface area contributed by atoms with Crippen molar-refractivity contribution in [1.29, 1.82) is 0 Å². The van der Waals surface area contributed by atoms with Crippen LogP contribution >= 0.6 is 0 Å². The van der Waals surface area contributed by atoms with Crippen LogP contribution in [0.2, 0.25) is 0 Å². The Morgan fingerprint density at radius 3 is 2.04 bits per heavy atom. The number of hydrogen-bond donors (Lipinski definition) is 0. The smallest absolute Gasteiger partial charge is 0.241 e. The van der Waals surface area contributed by atoms with Crippen molar-refractivity contribution in [3.05, 3.63) is 78.1 Å². The van der Waals surface area contributed by atoms with Crippen LogP contribution < -0.4 is 4.90 Å². The third kappa shape index (κ3) is 4.43. The van der Waals surface area contributed by atoms with Gasteiger partial charge in [-0.05, 0) is 49.7 Å². The van der Waals surface area contributed by atoms with Gasteiger partial charge in [-0.1, -0.05) is 18.2 Å². The Morgan fingerprint density at radius 2 is 1.54 bits per heavy atom. The molecule has 0 radical (unpaired) electrons. The molecule has 0 fully saturated rings. The van der Waals surface area contributed by atoms with Gasteiger partial charge in [0.15, 0.2) is 0 Å². The summed E-state index contributed by atoms with van der Waals surface area (Å²) >= 11 is 0. The average molecular weight is 352 g/mol. The van der Waals surface area contributed by atoms with Crippen molar-refractivity contribution in [2.24, 2.45) is 0 Å². The van der Waals surface area contributed by atoms with Crippen LogP contribution in [0.5, 0.6) is 0 Å². The fourth-order valence-corrected chi connectivity index (χ4v) is 3.04. The van der Waals surface area contributed by atoms with Gasteiger partial charge >= 0.3 is 0 Å². The van der Waals surface area contributed by atoms with E-state index in [9.17, 15) is 4.79 Å². The molecule has 26 heavy (non-hydrogen) atoms. The van der Waals surface area contributed by atoms with Gasteiger partial charge in [-0.25, -0.2) is 0 Å². The zero-order valence-electron chi connectivity index (χ0n) is 15.2. The van der Waals surface area contributed by atoms with Gasteiger partial charge in [0.25, 0.3) is 0 Å². The van der Waals surface area contributed by atoms with E-state index in [1.807, 2.05) is 72.2 Å². The first-order valence-electron chi connectivity index (χ1n) is 8.80. The van der Waals surface area contributed by atoms with Crippen molar-refractivity contribution in [1.82, 2.24) is 4.90 Å². The molecule has 2 heterocycles. The number of anilines is 1. The summed E-state index contributed by atoms with van der Waals surface area (Å²) < 4.78 is 10.9. The van der Waals surface area contributed by atoms with Gasteiger partial charge in [0.05, 0.1) is 32.2 Å². The maximum absolute atomic E-state index is 13.0. The normalized spacial score (nSPS) is 11.0. The number of aryl methyl sites for hydroxylation is 1. The van der Waals surface area contributed by atoms with E-state index in [1.54, 1.807) is 12.5 Å². The minimum atomic E-state index is 0.0555. The van der Waals surface area contributed by atoms with E-state index >= 15 is 0 Å². The molecule has 0 atom stereocenters. The summed E-state index contributed by atoms with van der Waals surface area (Å²) in [5.74, 6) is 1.70. The highest BCUT2D eigenvalue weighted by molar-refractivity contribution is 5.95. The number of nitrogens with zero attached hydrogens (tertiary/aromatic N) is 2. The molecule has 0 aliphatic heterocycles. The molecule has 0 spiro atoms. The van der Waals surface area contributed by atoms with Crippen LogP contribution in [0, 0.1) is 6.92 Å². The molecule has 0 bridgehead atoms. The second-order valence-corrected chi connectivity index (χ2v) is 6.23. The Balaban J connectivity index is 1.75. The van der Waals surface area contributed by atoms with Gasteiger partial charge < -0.3 is 13.7 Å². The Morgan fingerprint density at radius 1 is 0.923 bits per heavy atom. The summed E-state index contributed by atoms with van der Waals surface area (Å²) in [6.07, 6.45) is 3.29. The Hall–Kier alpha value is -2.79. The van der Waals surface area contributed by atoms with E-state index in [1.165, 1.54) is 0 Å². The van der Waals surface area contributed by atoms with Crippen molar-refractivity contribution in [3.8, 4) is 0 Å². The highest BCUT2D eigenvalue weighted by atomic mass is 16.3. The van der Waals surface area contributed by atoms with Gasteiger partial charge in [-0.3, -0.25) is 9.69 Å². The summed E-state index contributed by atoms with van der Waals surface area (Å²) in [4.78, 5) is 16.9. The number of hydrogen-bond acceptors (Lipinski definition) is 4. The molecule has 2 aromatic heterocycles. The second-order valence-electron chi connectivity index (χ2n) is 6.23. The number of rotatable bonds is 8. The van der Waals surface area contributed by atoms with E-state index in [4.69, 9.17) is 8.83 Å². The molecule has 0 saturated carbocycles. The lowest BCUT2D eigenvalue weighted by molar-refractivity contribution is -0.120. The van der Waals surface area contributed by atoms with Crippen molar-refractivity contribution < 1.29 is 13.6 Å². The van der Waals surface area contributed by atoms with Gasteiger partial charge in [-0.15, -0.1) is 0 Å². The van der Waals surface area contributed by atoms with Crippen molar-refractivity contribution >= 4 is 11.6 Å². The van der Waals surface area contributed by atoms with E-state index in [0.717, 1.165) is 22.8 Å². The van der Waals surface area contributed by atoms with Gasteiger partial charge in [0, 0.05) is 12.2 Å². The molecular weight excluding hydrogens is 328 g/mol. The zero-order chi connectivity index (χ0) is 18.4. The van der Waals surface area contributed by atoms with Gasteiger partial charge in [0.1, 0.15) is 11.5 Å². The summed E-state index contributed by atoms with van der Waals surface area (Å²) in [5.41, 5.74) is 2.04. The molecule has 1 amide bonds. The highest BCUT2D eigenvalue weighted by Crippen LogP contribution is 2.20. The molecule has 5 heteroatoms. The first-order valence-corrected chi connectivity index (χ1v) is 8.80. The van der Waals surface area contributed by atoms with E-state index in [-0.39, 0.29) is 12.5 Å². The second kappa shape index (κ2) is 8.54. The number of para-hydroxylation sites is 1. The zero-order valence-corrected chi connectivity index (χ0v) is 15.2. The predicted molar refractivity (Wildman–Crippen MR) is 101 cm³/mol. The van der Waals surface area contributed by atoms with E-state index in [0.29, 0.717) is 19.6 Å². The molecule has 0 unspecified atom stereocenters. The van der Waals surface area contributed by atoms with E-state index in [2.05, 4.69) is 0 Å². The molecule has 136 valence electrons. The van der Waals surface area contributed by atoms with Crippen LogP contribution in [0.3, 0.4) is 0 Å². The molecule has 1 aromatic carbocycles. The fourth-order valence-electron chi connectivity index (χ4n) is 3.04. The van der Waals surface area contributed by atoms with Gasteiger partial charge in [-0.2, -0.15) is 0 Å². The Bertz CT molecular complexity index is 773. The van der Waals surface area contributed by atoms with E-state index < -0.39 is 0 Å². The first-order chi connectivity index (χ1) is 12.7. The summed E-state index contributed by atoms with van der Waals surface area (Å²) in [7, 11) is 0. The largest absolute Gasteiger partial charge is 0.468 e. The fraction of sp³-hybridized carbons (Fsp3) is 0.286. The van der Waals surface area contributed by atoms with Crippen LogP contribution in [0.1, 0.15) is 24.0 Å². The number of likely N-dealkylation sites (N-methyl/N-ethyl adjacent to an activating group) is 1. The summed E-state index contributed by atoms with van der Waals surface area (Å²) in [5, 5.41) is 0. The molecule has 5 nitrogen and oxygen atoms in total. The lowest BCUT2D eigenvalue weighted by Crippen LogP contribution is -2.40. The topological polar surface area (TPSA) is 49.8 Å². The molecular formula is C21H24N2O3. The highest BCUT2D eigenvalue weighted by Gasteiger charge is 2.20. The third-order valence-corrected chi connectivity index (χ3v) is 4.30. The Kier molecular flexibility index (Phi) is 5.92. The maximum Gasteiger partial charge on any atom is 0.241 e. The van der Waals surface area contributed by atoms with Crippen molar-refractivity contribution in [3.63, 3.8) is 0 Å². The van der Waals surface area contributed by atoms with Crippen molar-refractivity contribution in [2.45, 2.75) is 26.9 Å². The lowest BCUT2D eigenvalue weighted by atomic mass is 10.1. The number of carbonyl (C=O) groups is 1. The minimum absolute atomic E-state index is 0.0555. The first kappa shape index (κ1) is 18.0. The molecule has 0 aliphatic rings. The number of amides is 1. The standard InChI is InChI=1S/C21H24N2O3/c1-3-23(20-11-5-4-8-17(20)2)21(24)16-22(14-18-9-6-12-25-18)15-19-10-7-13-26-19/h4-13H,3,14-16H2,1-2H3.